The normalized spacial score (nSPS) is 12.2. The predicted octanol–water partition coefficient (Wildman–Crippen LogP) is 4.72. The van der Waals surface area contributed by atoms with Gasteiger partial charge in [0, 0.05) is 10.9 Å². The Morgan fingerprint density at radius 2 is 2.11 bits per heavy atom. The minimum atomic E-state index is -0.121. The Kier molecular flexibility index (Phi) is 7.32. The Labute approximate surface area is 126 Å². The van der Waals surface area contributed by atoms with E-state index in [0.29, 0.717) is 10.6 Å². The Balaban J connectivity index is 2.47. The molecule has 0 radical (unpaired) electrons. The maximum absolute atomic E-state index is 12.1. The first kappa shape index (κ1) is 16.4. The van der Waals surface area contributed by atoms with Gasteiger partial charge in [0.1, 0.15) is 0 Å². The van der Waals surface area contributed by atoms with Crippen molar-refractivity contribution < 1.29 is 4.79 Å². The highest BCUT2D eigenvalue weighted by molar-refractivity contribution is 7.80. The molecular formula is C15H22ClNOS. The van der Waals surface area contributed by atoms with E-state index in [9.17, 15) is 4.79 Å². The van der Waals surface area contributed by atoms with Crippen molar-refractivity contribution in [2.75, 3.05) is 0 Å². The molecule has 1 N–H and O–H groups in total. The van der Waals surface area contributed by atoms with E-state index in [2.05, 4.69) is 24.9 Å². The van der Waals surface area contributed by atoms with Crippen LogP contribution in [0.2, 0.25) is 5.02 Å². The second-order valence-electron chi connectivity index (χ2n) is 4.89. The molecule has 0 spiro atoms. The molecule has 0 aliphatic carbocycles. The van der Waals surface area contributed by atoms with E-state index in [4.69, 9.17) is 11.6 Å². The van der Waals surface area contributed by atoms with Crippen LogP contribution >= 0.6 is 24.2 Å². The molecular weight excluding hydrogens is 278 g/mol. The maximum Gasteiger partial charge on any atom is 0.253 e. The van der Waals surface area contributed by atoms with E-state index < -0.39 is 0 Å². The largest absolute Gasteiger partial charge is 0.350 e. The van der Waals surface area contributed by atoms with Crippen molar-refractivity contribution in [2.45, 2.75) is 56.9 Å². The number of benzene rings is 1. The number of nitrogens with one attached hydrogen (secondary N) is 1. The standard InChI is InChI=1S/C15H22ClNOS/c1-3-4-5-6-7-11(2)17-15(18)13-10-12(19)8-9-14(13)16/h8-11,19H,3-7H2,1-2H3,(H,17,18). The van der Waals surface area contributed by atoms with E-state index in [0.717, 1.165) is 17.7 Å². The zero-order chi connectivity index (χ0) is 14.3. The summed E-state index contributed by atoms with van der Waals surface area (Å²) >= 11 is 10.3. The SMILES string of the molecule is CCCCCCC(C)NC(=O)c1cc(S)ccc1Cl. The molecule has 0 aliphatic heterocycles. The third-order valence-corrected chi connectivity index (χ3v) is 3.67. The Morgan fingerprint density at radius 1 is 1.37 bits per heavy atom. The zero-order valence-corrected chi connectivity index (χ0v) is 13.2. The number of hydrogen-bond donors (Lipinski definition) is 2. The molecule has 0 aromatic heterocycles. The van der Waals surface area contributed by atoms with Crippen molar-refractivity contribution in [1.82, 2.24) is 5.32 Å². The molecule has 0 fully saturated rings. The minimum absolute atomic E-state index is 0.121. The van der Waals surface area contributed by atoms with Gasteiger partial charge in [0.05, 0.1) is 10.6 Å². The van der Waals surface area contributed by atoms with Crippen LogP contribution in [0.1, 0.15) is 56.3 Å². The second-order valence-corrected chi connectivity index (χ2v) is 5.81. The molecule has 106 valence electrons. The lowest BCUT2D eigenvalue weighted by Crippen LogP contribution is -2.32. The first-order chi connectivity index (χ1) is 9.04. The summed E-state index contributed by atoms with van der Waals surface area (Å²) < 4.78 is 0. The Hall–Kier alpha value is -0.670. The van der Waals surface area contributed by atoms with Gasteiger partial charge in [-0.25, -0.2) is 0 Å². The van der Waals surface area contributed by atoms with Crippen molar-refractivity contribution in [3.8, 4) is 0 Å². The van der Waals surface area contributed by atoms with Gasteiger partial charge >= 0.3 is 0 Å². The lowest BCUT2D eigenvalue weighted by atomic mass is 10.1. The summed E-state index contributed by atoms with van der Waals surface area (Å²) in [7, 11) is 0. The van der Waals surface area contributed by atoms with Crippen LogP contribution in [0, 0.1) is 0 Å². The van der Waals surface area contributed by atoms with Gasteiger partial charge < -0.3 is 5.32 Å². The van der Waals surface area contributed by atoms with Gasteiger partial charge in [-0.15, -0.1) is 12.6 Å². The summed E-state index contributed by atoms with van der Waals surface area (Å²) in [5.41, 5.74) is 0.495. The molecule has 1 amide bonds. The van der Waals surface area contributed by atoms with Crippen LogP contribution in [0.15, 0.2) is 23.1 Å². The van der Waals surface area contributed by atoms with Crippen LogP contribution in [-0.4, -0.2) is 11.9 Å². The number of amides is 1. The van der Waals surface area contributed by atoms with E-state index in [1.165, 1.54) is 19.3 Å². The summed E-state index contributed by atoms with van der Waals surface area (Å²) in [5.74, 6) is -0.121. The van der Waals surface area contributed by atoms with Gasteiger partial charge in [0.25, 0.3) is 5.91 Å². The fourth-order valence-corrected chi connectivity index (χ4v) is 2.35. The van der Waals surface area contributed by atoms with Crippen LogP contribution in [0.4, 0.5) is 0 Å². The summed E-state index contributed by atoms with van der Waals surface area (Å²) in [6, 6.07) is 5.34. The quantitative estimate of drug-likeness (QED) is 0.554. The monoisotopic (exact) mass is 299 g/mol. The number of carbonyl (C=O) groups excluding carboxylic acids is 1. The molecule has 0 saturated heterocycles. The minimum Gasteiger partial charge on any atom is -0.350 e. The van der Waals surface area contributed by atoms with Crippen LogP contribution in [0.3, 0.4) is 0 Å². The third kappa shape index (κ3) is 5.87. The highest BCUT2D eigenvalue weighted by atomic mass is 35.5. The molecule has 4 heteroatoms. The van der Waals surface area contributed by atoms with Gasteiger partial charge in [-0.05, 0) is 31.5 Å². The molecule has 1 atom stereocenters. The zero-order valence-electron chi connectivity index (χ0n) is 11.6. The summed E-state index contributed by atoms with van der Waals surface area (Å²) in [5, 5.41) is 3.45. The van der Waals surface area contributed by atoms with Crippen LogP contribution in [-0.2, 0) is 0 Å². The number of rotatable bonds is 7. The first-order valence-electron chi connectivity index (χ1n) is 6.84. The van der Waals surface area contributed by atoms with Crippen LogP contribution < -0.4 is 5.32 Å². The molecule has 1 aromatic carbocycles. The van der Waals surface area contributed by atoms with Gasteiger partial charge in [-0.3, -0.25) is 4.79 Å². The third-order valence-electron chi connectivity index (χ3n) is 3.06. The smallest absolute Gasteiger partial charge is 0.253 e. The van der Waals surface area contributed by atoms with Gasteiger partial charge in [-0.1, -0.05) is 44.2 Å². The number of hydrogen-bond acceptors (Lipinski definition) is 2. The van der Waals surface area contributed by atoms with Crippen molar-refractivity contribution in [3.05, 3.63) is 28.8 Å². The summed E-state index contributed by atoms with van der Waals surface area (Å²) in [6.07, 6.45) is 5.86. The first-order valence-corrected chi connectivity index (χ1v) is 7.66. The highest BCUT2D eigenvalue weighted by Gasteiger charge is 2.13. The fourth-order valence-electron chi connectivity index (χ4n) is 1.94. The van der Waals surface area contributed by atoms with Gasteiger partial charge in [0.2, 0.25) is 0 Å². The molecule has 0 bridgehead atoms. The molecule has 0 saturated carbocycles. The highest BCUT2D eigenvalue weighted by Crippen LogP contribution is 2.19. The lowest BCUT2D eigenvalue weighted by molar-refractivity contribution is 0.0938. The average Bonchev–Trinajstić information content (AvgIpc) is 2.37. The van der Waals surface area contributed by atoms with Crippen molar-refractivity contribution in [2.24, 2.45) is 0 Å². The Bertz CT molecular complexity index is 423. The van der Waals surface area contributed by atoms with Crippen LogP contribution in [0.25, 0.3) is 0 Å². The lowest BCUT2D eigenvalue weighted by Gasteiger charge is -2.14. The molecule has 0 aliphatic rings. The van der Waals surface area contributed by atoms with E-state index in [1.54, 1.807) is 18.2 Å². The van der Waals surface area contributed by atoms with Crippen LogP contribution in [0.5, 0.6) is 0 Å². The molecule has 2 nitrogen and oxygen atoms in total. The maximum atomic E-state index is 12.1. The number of halogens is 1. The van der Waals surface area contributed by atoms with Crippen molar-refractivity contribution >= 4 is 30.1 Å². The second kappa shape index (κ2) is 8.49. The molecule has 1 rings (SSSR count). The van der Waals surface area contributed by atoms with Crippen molar-refractivity contribution in [3.63, 3.8) is 0 Å². The topological polar surface area (TPSA) is 29.1 Å². The molecule has 19 heavy (non-hydrogen) atoms. The molecule has 0 heterocycles. The molecule has 1 aromatic rings. The summed E-state index contributed by atoms with van der Waals surface area (Å²) in [4.78, 5) is 12.8. The van der Waals surface area contributed by atoms with Crippen molar-refractivity contribution in [1.29, 1.82) is 0 Å². The summed E-state index contributed by atoms with van der Waals surface area (Å²) in [6.45, 7) is 4.22. The number of unbranched alkanes of at least 4 members (excludes halogenated alkanes) is 3. The number of thiol groups is 1. The fraction of sp³-hybridized carbons (Fsp3) is 0.533. The average molecular weight is 300 g/mol. The molecule has 1 unspecified atom stereocenters. The predicted molar refractivity (Wildman–Crippen MR) is 84.4 cm³/mol. The van der Waals surface area contributed by atoms with Gasteiger partial charge in [-0.2, -0.15) is 0 Å². The Morgan fingerprint density at radius 3 is 2.79 bits per heavy atom. The van der Waals surface area contributed by atoms with Gasteiger partial charge in [0.15, 0.2) is 0 Å². The van der Waals surface area contributed by atoms with E-state index >= 15 is 0 Å². The number of carbonyl (C=O) groups is 1. The van der Waals surface area contributed by atoms with E-state index in [1.807, 2.05) is 6.92 Å². The van der Waals surface area contributed by atoms with E-state index in [-0.39, 0.29) is 11.9 Å².